The third kappa shape index (κ3) is 3.20. The number of aliphatic hydroxyl groups is 3. The Hall–Kier alpha value is -1.55. The highest BCUT2D eigenvalue weighted by Gasteiger charge is 2.34. The fourth-order valence-corrected chi connectivity index (χ4v) is 1.10. The summed E-state index contributed by atoms with van der Waals surface area (Å²) in [5.74, 6) is -3.25. The topological polar surface area (TPSA) is 131 Å². The van der Waals surface area contributed by atoms with Gasteiger partial charge in [0.15, 0.2) is 6.73 Å². The lowest BCUT2D eigenvalue weighted by Gasteiger charge is -2.25. The average Bonchev–Trinajstić information content (AvgIpc) is 2.73. The van der Waals surface area contributed by atoms with Gasteiger partial charge in [-0.05, 0) is 11.3 Å². The molecule has 0 amide bonds. The molecule has 17 heavy (non-hydrogen) atoms. The number of hydrogen-bond acceptors (Lipinski definition) is 7. The van der Waals surface area contributed by atoms with Gasteiger partial charge in [0.05, 0.1) is 0 Å². The van der Waals surface area contributed by atoms with Crippen molar-refractivity contribution >= 4 is 5.95 Å². The van der Waals surface area contributed by atoms with Crippen molar-refractivity contribution in [3.05, 3.63) is 22.5 Å². The molecule has 0 radical (unpaired) electrons. The lowest BCUT2D eigenvalue weighted by molar-refractivity contribution is -0.407. The number of aliphatic hydroxyl groups excluding tert-OH is 1. The van der Waals surface area contributed by atoms with Crippen molar-refractivity contribution in [3.63, 3.8) is 0 Å². The molecule has 0 aliphatic carbocycles. The maximum Gasteiger partial charge on any atom is 0.436 e. The molecule has 1 aromatic rings. The molecule has 0 saturated carbocycles. The van der Waals surface area contributed by atoms with Crippen molar-refractivity contribution in [2.75, 3.05) is 0 Å². The molecule has 0 bridgehead atoms. The number of ether oxygens (including phenoxy) is 1. The van der Waals surface area contributed by atoms with Crippen LogP contribution in [0.5, 0.6) is 0 Å². The normalized spacial score (nSPS) is 13.6. The van der Waals surface area contributed by atoms with E-state index < -0.39 is 29.7 Å². The van der Waals surface area contributed by atoms with Crippen LogP contribution in [0.4, 0.5) is 5.95 Å². The van der Waals surface area contributed by atoms with Crippen LogP contribution in [-0.4, -0.2) is 41.9 Å². The van der Waals surface area contributed by atoms with E-state index in [1.807, 2.05) is 0 Å². The molecule has 1 aromatic heterocycles. The first-order chi connectivity index (χ1) is 7.88. The summed E-state index contributed by atoms with van der Waals surface area (Å²) in [4.78, 5) is 13.2. The van der Waals surface area contributed by atoms with Gasteiger partial charge in [0.1, 0.15) is 18.5 Å². The summed E-state index contributed by atoms with van der Waals surface area (Å²) >= 11 is 0. The third-order valence-electron chi connectivity index (χ3n) is 2.09. The second-order valence-electron chi connectivity index (χ2n) is 3.31. The molecule has 0 fully saturated rings. The highest BCUT2D eigenvalue weighted by molar-refractivity contribution is 5.05. The quantitative estimate of drug-likeness (QED) is 0.340. The van der Waals surface area contributed by atoms with E-state index in [1.165, 1.54) is 19.3 Å². The minimum absolute atomic E-state index is 0.0546. The Morgan fingerprint density at radius 1 is 1.71 bits per heavy atom. The zero-order valence-corrected chi connectivity index (χ0v) is 9.05. The van der Waals surface area contributed by atoms with Gasteiger partial charge in [0, 0.05) is 0 Å². The zero-order valence-electron chi connectivity index (χ0n) is 9.05. The number of nitrogens with zero attached hydrogens (tertiary/aromatic N) is 3. The van der Waals surface area contributed by atoms with Gasteiger partial charge in [-0.2, -0.15) is 0 Å². The molecule has 1 atom stereocenters. The van der Waals surface area contributed by atoms with Crippen LogP contribution in [0.3, 0.4) is 0 Å². The van der Waals surface area contributed by atoms with Gasteiger partial charge in [0.25, 0.3) is 0 Å². The molecule has 1 unspecified atom stereocenters. The van der Waals surface area contributed by atoms with Gasteiger partial charge in [-0.3, -0.25) is 4.74 Å². The van der Waals surface area contributed by atoms with Crippen molar-refractivity contribution in [2.45, 2.75) is 32.2 Å². The van der Waals surface area contributed by atoms with E-state index in [0.29, 0.717) is 0 Å². The van der Waals surface area contributed by atoms with Crippen molar-refractivity contribution in [2.24, 2.45) is 0 Å². The van der Waals surface area contributed by atoms with E-state index in [0.717, 1.165) is 4.57 Å². The second-order valence-corrected chi connectivity index (χ2v) is 3.31. The van der Waals surface area contributed by atoms with Gasteiger partial charge in [-0.1, -0.05) is 11.9 Å². The van der Waals surface area contributed by atoms with Gasteiger partial charge in [-0.25, -0.2) is 4.57 Å². The molecule has 0 saturated heterocycles. The van der Waals surface area contributed by atoms with Crippen LogP contribution in [0.25, 0.3) is 0 Å². The molecule has 9 nitrogen and oxygen atoms in total. The Balaban J connectivity index is 2.67. The first kappa shape index (κ1) is 13.5. The summed E-state index contributed by atoms with van der Waals surface area (Å²) in [6, 6.07) is 0. The molecule has 0 aliphatic heterocycles. The zero-order chi connectivity index (χ0) is 13.1. The first-order valence-electron chi connectivity index (χ1n) is 4.80. The van der Waals surface area contributed by atoms with Gasteiger partial charge >= 0.3 is 11.9 Å². The molecule has 1 rings (SSSR count). The lowest BCUT2D eigenvalue weighted by atomic mass is 10.2. The molecular formula is C8H13N3O6. The predicted octanol–water partition coefficient (Wildman–Crippen LogP) is -0.825. The largest absolute Gasteiger partial charge is 0.436 e. The van der Waals surface area contributed by atoms with E-state index in [1.54, 1.807) is 0 Å². The van der Waals surface area contributed by atoms with Crippen molar-refractivity contribution in [1.29, 1.82) is 0 Å². The van der Waals surface area contributed by atoms with Crippen molar-refractivity contribution < 1.29 is 25.0 Å². The van der Waals surface area contributed by atoms with Crippen LogP contribution in [-0.2, 0) is 11.5 Å². The van der Waals surface area contributed by atoms with E-state index in [2.05, 4.69) is 9.72 Å². The van der Waals surface area contributed by atoms with Crippen LogP contribution in [0.15, 0.2) is 12.4 Å². The van der Waals surface area contributed by atoms with Crippen LogP contribution in [0, 0.1) is 10.1 Å². The Morgan fingerprint density at radius 2 is 2.35 bits per heavy atom. The standard InChI is InChI=1S/C8H13N3O6/c1-2-6(12)8(13,14)17-5-10-4-3-9-7(10)11(15)16/h3-4,6,12-14H,2,5H2,1H3. The SMILES string of the molecule is CCC(O)C(O)(O)OCn1ccnc1[N+](=O)[O-]. The van der Waals surface area contributed by atoms with Crippen LogP contribution < -0.4 is 0 Å². The fraction of sp³-hybridized carbons (Fsp3) is 0.625. The lowest BCUT2D eigenvalue weighted by Crippen LogP contribution is -2.44. The van der Waals surface area contributed by atoms with Crippen LogP contribution in [0.1, 0.15) is 13.3 Å². The molecule has 0 aliphatic rings. The summed E-state index contributed by atoms with van der Waals surface area (Å²) in [6.07, 6.45) is 0.963. The molecule has 1 heterocycles. The summed E-state index contributed by atoms with van der Waals surface area (Å²) in [5, 5.41) is 38.3. The van der Waals surface area contributed by atoms with Crippen LogP contribution >= 0.6 is 0 Å². The van der Waals surface area contributed by atoms with Gasteiger partial charge < -0.3 is 25.4 Å². The van der Waals surface area contributed by atoms with Crippen molar-refractivity contribution in [1.82, 2.24) is 9.55 Å². The summed E-state index contributed by atoms with van der Waals surface area (Å²) < 4.78 is 5.56. The van der Waals surface area contributed by atoms with Gasteiger partial charge in [-0.15, -0.1) is 0 Å². The Labute approximate surface area is 96.0 Å². The maximum absolute atomic E-state index is 10.5. The second kappa shape index (κ2) is 5.19. The monoisotopic (exact) mass is 247 g/mol. The molecule has 0 aromatic carbocycles. The minimum Gasteiger partial charge on any atom is -0.390 e. The number of imidazole rings is 1. The summed E-state index contributed by atoms with van der Waals surface area (Å²) in [5.41, 5.74) is 0. The Bertz CT molecular complexity index is 390. The first-order valence-corrected chi connectivity index (χ1v) is 4.80. The minimum atomic E-state index is -2.76. The van der Waals surface area contributed by atoms with E-state index in [9.17, 15) is 25.4 Å². The predicted molar refractivity (Wildman–Crippen MR) is 53.4 cm³/mol. The molecule has 9 heteroatoms. The van der Waals surface area contributed by atoms with E-state index in [-0.39, 0.29) is 6.42 Å². The Kier molecular flexibility index (Phi) is 4.12. The van der Waals surface area contributed by atoms with Crippen LogP contribution in [0.2, 0.25) is 0 Å². The number of aromatic nitrogens is 2. The molecule has 0 spiro atoms. The average molecular weight is 247 g/mol. The summed E-state index contributed by atoms with van der Waals surface area (Å²) in [7, 11) is 0. The number of nitro groups is 1. The smallest absolute Gasteiger partial charge is 0.390 e. The van der Waals surface area contributed by atoms with Gasteiger partial charge in [0.2, 0.25) is 0 Å². The molecule has 3 N–H and O–H groups in total. The third-order valence-corrected chi connectivity index (χ3v) is 2.09. The fourth-order valence-electron chi connectivity index (χ4n) is 1.10. The molecule has 96 valence electrons. The Morgan fingerprint density at radius 3 is 2.88 bits per heavy atom. The molecular weight excluding hydrogens is 234 g/mol. The maximum atomic E-state index is 10.5. The highest BCUT2D eigenvalue weighted by atomic mass is 16.8. The van der Waals surface area contributed by atoms with Crippen molar-refractivity contribution in [3.8, 4) is 0 Å². The number of rotatable bonds is 6. The number of hydrogen-bond donors (Lipinski definition) is 3. The van der Waals surface area contributed by atoms with E-state index in [4.69, 9.17) is 0 Å². The highest BCUT2D eigenvalue weighted by Crippen LogP contribution is 2.15. The summed E-state index contributed by atoms with van der Waals surface area (Å²) in [6.45, 7) is 1.01. The van der Waals surface area contributed by atoms with E-state index >= 15 is 0 Å².